The van der Waals surface area contributed by atoms with Crippen LogP contribution in [0.3, 0.4) is 0 Å². The molecule has 1 heterocycles. The third-order valence-electron chi connectivity index (χ3n) is 4.90. The minimum absolute atomic E-state index is 0.158. The van der Waals surface area contributed by atoms with Crippen molar-refractivity contribution in [1.29, 1.82) is 0 Å². The Kier molecular flexibility index (Phi) is 6.24. The second-order valence-corrected chi connectivity index (χ2v) is 7.13. The fourth-order valence-electron chi connectivity index (χ4n) is 3.34. The molecule has 0 radical (unpaired) electrons. The van der Waals surface area contributed by atoms with E-state index in [0.717, 1.165) is 18.5 Å². The predicted octanol–water partition coefficient (Wildman–Crippen LogP) is 2.69. The molecule has 5 heteroatoms. The van der Waals surface area contributed by atoms with Crippen LogP contribution in [0.25, 0.3) is 0 Å². The van der Waals surface area contributed by atoms with Gasteiger partial charge in [0, 0.05) is 6.54 Å². The Morgan fingerprint density at radius 3 is 2.70 bits per heavy atom. The summed E-state index contributed by atoms with van der Waals surface area (Å²) in [7, 11) is 0. The standard InChI is InChI=1S/C22H26N2O3/c1-15-7-6-10-18(11-15)19-12-20(23-13-19)21(25)24-16(2)22(26)27-14-17-8-4-3-5-9-17/h3-11,16,19-20,23H,12-14H2,1-2H3,(H,24,25)/t16-,19+,20+/m0/s1. The highest BCUT2D eigenvalue weighted by atomic mass is 16.5. The zero-order valence-electron chi connectivity index (χ0n) is 15.8. The number of nitrogens with one attached hydrogen (secondary N) is 2. The molecule has 1 aliphatic heterocycles. The number of rotatable bonds is 6. The molecule has 2 N–H and O–H groups in total. The highest BCUT2D eigenvalue weighted by molar-refractivity contribution is 5.87. The van der Waals surface area contributed by atoms with E-state index in [1.54, 1.807) is 6.92 Å². The molecule has 3 atom stereocenters. The van der Waals surface area contributed by atoms with Gasteiger partial charge in [0.25, 0.3) is 0 Å². The van der Waals surface area contributed by atoms with Gasteiger partial charge in [-0.15, -0.1) is 0 Å². The fourth-order valence-corrected chi connectivity index (χ4v) is 3.34. The molecule has 1 fully saturated rings. The SMILES string of the molecule is Cc1cccc([C@H]2CN[C@@H](C(=O)N[C@@H](C)C(=O)OCc3ccccc3)C2)c1. The number of aryl methyl sites for hydroxylation is 1. The Hall–Kier alpha value is -2.66. The minimum Gasteiger partial charge on any atom is -0.459 e. The molecule has 0 saturated carbocycles. The quantitative estimate of drug-likeness (QED) is 0.772. The van der Waals surface area contributed by atoms with E-state index in [0.29, 0.717) is 5.92 Å². The van der Waals surface area contributed by atoms with Crippen LogP contribution in [0, 0.1) is 6.92 Å². The van der Waals surface area contributed by atoms with Crippen LogP contribution in [0.2, 0.25) is 0 Å². The average Bonchev–Trinajstić information content (AvgIpc) is 3.17. The molecule has 0 aliphatic carbocycles. The van der Waals surface area contributed by atoms with E-state index < -0.39 is 12.0 Å². The van der Waals surface area contributed by atoms with Crippen LogP contribution in [0.4, 0.5) is 0 Å². The smallest absolute Gasteiger partial charge is 0.328 e. The molecule has 2 aromatic rings. The molecular formula is C22H26N2O3. The topological polar surface area (TPSA) is 67.4 Å². The number of ether oxygens (including phenoxy) is 1. The second-order valence-electron chi connectivity index (χ2n) is 7.13. The molecule has 1 amide bonds. The van der Waals surface area contributed by atoms with E-state index in [2.05, 4.69) is 35.8 Å². The van der Waals surface area contributed by atoms with E-state index in [9.17, 15) is 9.59 Å². The number of benzene rings is 2. The lowest BCUT2D eigenvalue weighted by Gasteiger charge is -2.17. The minimum atomic E-state index is -0.680. The van der Waals surface area contributed by atoms with Crippen LogP contribution in [-0.4, -0.2) is 30.5 Å². The van der Waals surface area contributed by atoms with Gasteiger partial charge in [-0.2, -0.15) is 0 Å². The highest BCUT2D eigenvalue weighted by Gasteiger charge is 2.31. The summed E-state index contributed by atoms with van der Waals surface area (Å²) in [5.41, 5.74) is 3.38. The molecular weight excluding hydrogens is 340 g/mol. The van der Waals surface area contributed by atoms with Gasteiger partial charge >= 0.3 is 5.97 Å². The molecule has 2 aromatic carbocycles. The summed E-state index contributed by atoms with van der Waals surface area (Å²) >= 11 is 0. The first-order valence-corrected chi connectivity index (χ1v) is 9.34. The van der Waals surface area contributed by atoms with Gasteiger partial charge in [0.05, 0.1) is 6.04 Å². The summed E-state index contributed by atoms with van der Waals surface area (Å²) in [4.78, 5) is 24.6. The summed E-state index contributed by atoms with van der Waals surface area (Å²) < 4.78 is 5.28. The molecule has 1 aliphatic rings. The summed E-state index contributed by atoms with van der Waals surface area (Å²) in [6, 6.07) is 16.9. The molecule has 0 bridgehead atoms. The lowest BCUT2D eigenvalue weighted by Crippen LogP contribution is -2.47. The van der Waals surface area contributed by atoms with Crippen LogP contribution in [-0.2, 0) is 20.9 Å². The van der Waals surface area contributed by atoms with Crippen LogP contribution < -0.4 is 10.6 Å². The Morgan fingerprint density at radius 2 is 1.96 bits per heavy atom. The summed E-state index contributed by atoms with van der Waals surface area (Å²) in [6.45, 7) is 4.68. The largest absolute Gasteiger partial charge is 0.459 e. The van der Waals surface area contributed by atoms with Gasteiger partial charge in [0.2, 0.25) is 5.91 Å². The van der Waals surface area contributed by atoms with Crippen molar-refractivity contribution in [2.24, 2.45) is 0 Å². The van der Waals surface area contributed by atoms with Gasteiger partial charge in [0.15, 0.2) is 0 Å². The zero-order chi connectivity index (χ0) is 19.2. The van der Waals surface area contributed by atoms with Gasteiger partial charge in [-0.05, 0) is 37.3 Å². The Bertz CT molecular complexity index is 791. The first kappa shape index (κ1) is 19.1. The average molecular weight is 366 g/mol. The Labute approximate surface area is 160 Å². The van der Waals surface area contributed by atoms with Gasteiger partial charge in [-0.25, -0.2) is 4.79 Å². The molecule has 0 spiro atoms. The first-order chi connectivity index (χ1) is 13.0. The lowest BCUT2D eigenvalue weighted by atomic mass is 9.95. The normalized spacial score (nSPS) is 20.1. The summed E-state index contributed by atoms with van der Waals surface area (Å²) in [6.07, 6.45) is 0.723. The van der Waals surface area contributed by atoms with Gasteiger partial charge in [0.1, 0.15) is 12.6 Å². The van der Waals surface area contributed by atoms with E-state index in [-0.39, 0.29) is 18.6 Å². The van der Waals surface area contributed by atoms with Crippen molar-refractivity contribution in [2.45, 2.75) is 44.9 Å². The van der Waals surface area contributed by atoms with Crippen molar-refractivity contribution in [3.8, 4) is 0 Å². The summed E-state index contributed by atoms with van der Waals surface area (Å²) in [5, 5.41) is 6.03. The van der Waals surface area contributed by atoms with Crippen molar-refractivity contribution in [3.05, 3.63) is 71.3 Å². The monoisotopic (exact) mass is 366 g/mol. The van der Waals surface area contributed by atoms with E-state index >= 15 is 0 Å². The van der Waals surface area contributed by atoms with Gasteiger partial charge < -0.3 is 15.4 Å². The first-order valence-electron chi connectivity index (χ1n) is 9.34. The zero-order valence-corrected chi connectivity index (χ0v) is 15.8. The van der Waals surface area contributed by atoms with Crippen LogP contribution >= 0.6 is 0 Å². The maximum Gasteiger partial charge on any atom is 0.328 e. The molecule has 0 unspecified atom stereocenters. The lowest BCUT2D eigenvalue weighted by molar-refractivity contribution is -0.148. The number of hydrogen-bond donors (Lipinski definition) is 2. The third kappa shape index (κ3) is 5.17. The van der Waals surface area contributed by atoms with Crippen molar-refractivity contribution < 1.29 is 14.3 Å². The number of hydrogen-bond acceptors (Lipinski definition) is 4. The molecule has 3 rings (SSSR count). The second kappa shape index (κ2) is 8.82. The van der Waals surface area contributed by atoms with Gasteiger partial charge in [-0.3, -0.25) is 4.79 Å². The number of carbonyl (C=O) groups excluding carboxylic acids is 2. The molecule has 1 saturated heterocycles. The number of amides is 1. The maximum absolute atomic E-state index is 12.5. The van der Waals surface area contributed by atoms with E-state index in [1.165, 1.54) is 11.1 Å². The van der Waals surface area contributed by atoms with Gasteiger partial charge in [-0.1, -0.05) is 60.2 Å². The predicted molar refractivity (Wildman–Crippen MR) is 104 cm³/mol. The van der Waals surface area contributed by atoms with Crippen molar-refractivity contribution >= 4 is 11.9 Å². The number of carbonyl (C=O) groups is 2. The van der Waals surface area contributed by atoms with Crippen molar-refractivity contribution in [3.63, 3.8) is 0 Å². The van der Waals surface area contributed by atoms with Crippen LogP contribution in [0.5, 0.6) is 0 Å². The molecule has 142 valence electrons. The van der Waals surface area contributed by atoms with E-state index in [4.69, 9.17) is 4.74 Å². The highest BCUT2D eigenvalue weighted by Crippen LogP contribution is 2.26. The molecule has 0 aromatic heterocycles. The third-order valence-corrected chi connectivity index (χ3v) is 4.90. The maximum atomic E-state index is 12.5. The fraction of sp³-hybridized carbons (Fsp3) is 0.364. The number of esters is 1. The van der Waals surface area contributed by atoms with Crippen molar-refractivity contribution in [2.75, 3.05) is 6.54 Å². The molecule has 5 nitrogen and oxygen atoms in total. The van der Waals surface area contributed by atoms with Crippen molar-refractivity contribution in [1.82, 2.24) is 10.6 Å². The van der Waals surface area contributed by atoms with Crippen LogP contribution in [0.1, 0.15) is 36.0 Å². The molecule has 27 heavy (non-hydrogen) atoms. The Morgan fingerprint density at radius 1 is 1.19 bits per heavy atom. The van der Waals surface area contributed by atoms with E-state index in [1.807, 2.05) is 36.4 Å². The van der Waals surface area contributed by atoms with Crippen LogP contribution in [0.15, 0.2) is 54.6 Å². The summed E-state index contributed by atoms with van der Waals surface area (Å²) in [5.74, 6) is -0.282. The Balaban J connectivity index is 1.47.